The molecule has 0 bridgehead atoms. The standard InChI is InChI=1S/C13H18S/c1-4-10-5-6-11(9(2)3)12-7-8-14-13(10)12/h5-6,9H,4,7-8H2,1-3H3. The molecule has 0 radical (unpaired) electrons. The molecule has 1 aliphatic heterocycles. The third-order valence-electron chi connectivity index (χ3n) is 2.98. The van der Waals surface area contributed by atoms with E-state index < -0.39 is 0 Å². The van der Waals surface area contributed by atoms with Crippen molar-refractivity contribution in [2.75, 3.05) is 5.75 Å². The van der Waals surface area contributed by atoms with E-state index in [2.05, 4.69) is 44.7 Å². The number of benzene rings is 1. The molecular weight excluding hydrogens is 188 g/mol. The van der Waals surface area contributed by atoms with Crippen LogP contribution in [-0.4, -0.2) is 5.75 Å². The van der Waals surface area contributed by atoms with Gasteiger partial charge in [-0.15, -0.1) is 11.8 Å². The summed E-state index contributed by atoms with van der Waals surface area (Å²) in [6.07, 6.45) is 2.45. The summed E-state index contributed by atoms with van der Waals surface area (Å²) in [5.41, 5.74) is 4.76. The quantitative estimate of drug-likeness (QED) is 0.704. The van der Waals surface area contributed by atoms with Gasteiger partial charge in [0.05, 0.1) is 0 Å². The van der Waals surface area contributed by atoms with Crippen molar-refractivity contribution >= 4 is 11.8 Å². The Labute approximate surface area is 91.1 Å². The molecule has 1 heterocycles. The second-order valence-corrected chi connectivity index (χ2v) is 5.33. The Morgan fingerprint density at radius 2 is 2.14 bits per heavy atom. The number of fused-ring (bicyclic) bond motifs is 1. The van der Waals surface area contributed by atoms with Crippen LogP contribution in [0.25, 0.3) is 0 Å². The van der Waals surface area contributed by atoms with Gasteiger partial charge < -0.3 is 0 Å². The van der Waals surface area contributed by atoms with Gasteiger partial charge in [0.15, 0.2) is 0 Å². The zero-order valence-corrected chi connectivity index (χ0v) is 10.1. The predicted molar refractivity (Wildman–Crippen MR) is 64.3 cm³/mol. The smallest absolute Gasteiger partial charge is 0.0139 e. The second kappa shape index (κ2) is 3.98. The van der Waals surface area contributed by atoms with Gasteiger partial charge in [0, 0.05) is 10.6 Å². The lowest BCUT2D eigenvalue weighted by atomic mass is 9.93. The average molecular weight is 206 g/mol. The van der Waals surface area contributed by atoms with E-state index in [1.807, 2.05) is 0 Å². The lowest BCUT2D eigenvalue weighted by Crippen LogP contribution is -1.97. The molecule has 76 valence electrons. The molecule has 0 saturated carbocycles. The van der Waals surface area contributed by atoms with Gasteiger partial charge in [-0.25, -0.2) is 0 Å². The predicted octanol–water partition coefficient (Wildman–Crippen LogP) is 4.02. The Bertz CT molecular complexity index is 339. The van der Waals surface area contributed by atoms with Crippen molar-refractivity contribution in [2.24, 2.45) is 0 Å². The zero-order valence-electron chi connectivity index (χ0n) is 9.26. The van der Waals surface area contributed by atoms with E-state index in [-0.39, 0.29) is 0 Å². The van der Waals surface area contributed by atoms with Crippen molar-refractivity contribution < 1.29 is 0 Å². The minimum atomic E-state index is 0.674. The van der Waals surface area contributed by atoms with Crippen LogP contribution in [0.1, 0.15) is 43.4 Å². The third kappa shape index (κ3) is 1.58. The Morgan fingerprint density at radius 1 is 1.36 bits per heavy atom. The summed E-state index contributed by atoms with van der Waals surface area (Å²) in [6.45, 7) is 6.85. The van der Waals surface area contributed by atoms with Gasteiger partial charge in [-0.1, -0.05) is 32.9 Å². The summed E-state index contributed by atoms with van der Waals surface area (Å²) in [7, 11) is 0. The molecule has 2 rings (SSSR count). The summed E-state index contributed by atoms with van der Waals surface area (Å²) >= 11 is 2.05. The fraction of sp³-hybridized carbons (Fsp3) is 0.538. The van der Waals surface area contributed by atoms with Crippen molar-refractivity contribution in [1.29, 1.82) is 0 Å². The van der Waals surface area contributed by atoms with Crippen LogP contribution in [0.5, 0.6) is 0 Å². The van der Waals surface area contributed by atoms with Gasteiger partial charge >= 0.3 is 0 Å². The van der Waals surface area contributed by atoms with Gasteiger partial charge in [-0.3, -0.25) is 0 Å². The molecule has 1 aromatic carbocycles. The first-order chi connectivity index (χ1) is 6.74. The molecule has 1 aliphatic rings. The van der Waals surface area contributed by atoms with Crippen LogP contribution < -0.4 is 0 Å². The molecule has 0 fully saturated rings. The Morgan fingerprint density at radius 3 is 2.79 bits per heavy atom. The molecule has 0 aromatic heterocycles. The van der Waals surface area contributed by atoms with Crippen molar-refractivity contribution in [1.82, 2.24) is 0 Å². The first kappa shape index (κ1) is 10.1. The highest BCUT2D eigenvalue weighted by molar-refractivity contribution is 7.99. The third-order valence-corrected chi connectivity index (χ3v) is 4.19. The number of aryl methyl sites for hydroxylation is 1. The molecule has 0 atom stereocenters. The molecule has 1 heteroatoms. The Kier molecular flexibility index (Phi) is 2.87. The SMILES string of the molecule is CCc1ccc(C(C)C)c2c1SCC2. The summed E-state index contributed by atoms with van der Waals surface area (Å²) in [4.78, 5) is 1.60. The van der Waals surface area contributed by atoms with Gasteiger partial charge in [0.1, 0.15) is 0 Å². The molecule has 0 unspecified atom stereocenters. The van der Waals surface area contributed by atoms with Crippen LogP contribution in [0.4, 0.5) is 0 Å². The van der Waals surface area contributed by atoms with Gasteiger partial charge in [0.25, 0.3) is 0 Å². The van der Waals surface area contributed by atoms with E-state index in [4.69, 9.17) is 0 Å². The van der Waals surface area contributed by atoms with E-state index >= 15 is 0 Å². The zero-order chi connectivity index (χ0) is 10.1. The number of thioether (sulfide) groups is 1. The molecule has 0 nitrogen and oxygen atoms in total. The van der Waals surface area contributed by atoms with E-state index in [0.717, 1.165) is 0 Å². The van der Waals surface area contributed by atoms with Gasteiger partial charge in [0.2, 0.25) is 0 Å². The first-order valence-electron chi connectivity index (χ1n) is 5.51. The van der Waals surface area contributed by atoms with Crippen molar-refractivity contribution in [3.8, 4) is 0 Å². The number of rotatable bonds is 2. The van der Waals surface area contributed by atoms with Crippen molar-refractivity contribution in [3.63, 3.8) is 0 Å². The second-order valence-electron chi connectivity index (χ2n) is 4.23. The maximum Gasteiger partial charge on any atom is 0.0139 e. The first-order valence-corrected chi connectivity index (χ1v) is 6.50. The molecule has 0 amide bonds. The van der Waals surface area contributed by atoms with Gasteiger partial charge in [-0.05, 0) is 35.4 Å². The highest BCUT2D eigenvalue weighted by atomic mass is 32.2. The molecule has 0 aliphatic carbocycles. The van der Waals surface area contributed by atoms with Crippen LogP contribution in [0.15, 0.2) is 17.0 Å². The molecule has 14 heavy (non-hydrogen) atoms. The lowest BCUT2D eigenvalue weighted by molar-refractivity contribution is 0.835. The highest BCUT2D eigenvalue weighted by Gasteiger charge is 2.19. The molecule has 0 spiro atoms. The van der Waals surface area contributed by atoms with E-state index in [1.54, 1.807) is 21.6 Å². The van der Waals surface area contributed by atoms with E-state index in [0.29, 0.717) is 5.92 Å². The molecule has 0 N–H and O–H groups in total. The fourth-order valence-corrected chi connectivity index (χ4v) is 3.51. The summed E-state index contributed by atoms with van der Waals surface area (Å²) in [6, 6.07) is 4.67. The summed E-state index contributed by atoms with van der Waals surface area (Å²) in [5.74, 6) is 1.96. The van der Waals surface area contributed by atoms with Crippen molar-refractivity contribution in [2.45, 2.75) is 44.4 Å². The summed E-state index contributed by atoms with van der Waals surface area (Å²) < 4.78 is 0. The molecule has 0 saturated heterocycles. The van der Waals surface area contributed by atoms with Crippen LogP contribution >= 0.6 is 11.8 Å². The van der Waals surface area contributed by atoms with E-state index in [1.165, 1.54) is 18.6 Å². The number of hydrogen-bond donors (Lipinski definition) is 0. The van der Waals surface area contributed by atoms with Crippen LogP contribution in [0.3, 0.4) is 0 Å². The molecule has 1 aromatic rings. The van der Waals surface area contributed by atoms with Crippen LogP contribution in [0.2, 0.25) is 0 Å². The van der Waals surface area contributed by atoms with Crippen LogP contribution in [0, 0.1) is 0 Å². The number of hydrogen-bond acceptors (Lipinski definition) is 1. The highest BCUT2D eigenvalue weighted by Crippen LogP contribution is 2.38. The topological polar surface area (TPSA) is 0 Å². The minimum Gasteiger partial charge on any atom is -0.125 e. The Hall–Kier alpha value is -0.430. The van der Waals surface area contributed by atoms with Gasteiger partial charge in [-0.2, -0.15) is 0 Å². The lowest BCUT2D eigenvalue weighted by Gasteiger charge is -2.13. The minimum absolute atomic E-state index is 0.674. The monoisotopic (exact) mass is 206 g/mol. The van der Waals surface area contributed by atoms with E-state index in [9.17, 15) is 0 Å². The summed E-state index contributed by atoms with van der Waals surface area (Å²) in [5, 5.41) is 0. The van der Waals surface area contributed by atoms with Crippen molar-refractivity contribution in [3.05, 3.63) is 28.8 Å². The Balaban J connectivity index is 2.53. The maximum absolute atomic E-state index is 2.34. The largest absolute Gasteiger partial charge is 0.125 e. The normalized spacial score (nSPS) is 14.9. The van der Waals surface area contributed by atoms with Crippen LogP contribution in [-0.2, 0) is 12.8 Å². The average Bonchev–Trinajstić information content (AvgIpc) is 2.64. The fourth-order valence-electron chi connectivity index (χ4n) is 2.20. The molecular formula is C13H18S. The maximum atomic E-state index is 2.34.